The first-order chi connectivity index (χ1) is 15.8. The summed E-state index contributed by atoms with van der Waals surface area (Å²) in [7, 11) is 1.35. The highest BCUT2D eigenvalue weighted by atomic mass is 32.1. The molecule has 174 valence electrons. The predicted molar refractivity (Wildman–Crippen MR) is 116 cm³/mol. The Kier molecular flexibility index (Phi) is 5.22. The molecule has 0 saturated carbocycles. The Balaban J connectivity index is 2.09. The Morgan fingerprint density at radius 2 is 1.41 bits per heavy atom. The molecule has 3 nitrogen and oxygen atoms in total. The fourth-order valence-corrected chi connectivity index (χ4v) is 5.22. The number of aryl methyl sites for hydroxylation is 1. The number of aromatic nitrogens is 1. The van der Waals surface area contributed by atoms with Crippen molar-refractivity contribution in [1.29, 1.82) is 10.5 Å². The van der Waals surface area contributed by atoms with Crippen LogP contribution in [0.2, 0.25) is 0 Å². The third-order valence-corrected chi connectivity index (χ3v) is 7.17. The highest BCUT2D eigenvalue weighted by Gasteiger charge is 2.80. The lowest BCUT2D eigenvalue weighted by Gasteiger charge is -2.25. The number of rotatable bonds is 3. The molecule has 0 amide bonds. The number of thiophene rings is 1. The molecule has 2 heterocycles. The minimum absolute atomic E-state index is 0.0276. The molecule has 0 unspecified atom stereocenters. The first kappa shape index (κ1) is 23.7. The summed E-state index contributed by atoms with van der Waals surface area (Å²) in [4.78, 5) is 0.408. The minimum Gasteiger partial charge on any atom is -0.339 e. The zero-order valence-corrected chi connectivity index (χ0v) is 18.8. The van der Waals surface area contributed by atoms with Crippen LogP contribution in [0.25, 0.3) is 21.6 Å². The third-order valence-electron chi connectivity index (χ3n) is 6.09. The van der Waals surface area contributed by atoms with Gasteiger partial charge in [-0.05, 0) is 37.6 Å². The van der Waals surface area contributed by atoms with Gasteiger partial charge in [-0.25, -0.2) is 0 Å². The molecule has 10 heteroatoms. The van der Waals surface area contributed by atoms with Gasteiger partial charge >= 0.3 is 17.8 Å². The normalized spacial score (nSPS) is 18.1. The van der Waals surface area contributed by atoms with E-state index in [4.69, 9.17) is 0 Å². The molecule has 0 saturated heterocycles. The van der Waals surface area contributed by atoms with E-state index in [0.717, 1.165) is 23.5 Å². The number of alkyl halides is 6. The third kappa shape index (κ3) is 2.95. The van der Waals surface area contributed by atoms with Crippen LogP contribution in [-0.4, -0.2) is 22.3 Å². The van der Waals surface area contributed by atoms with Gasteiger partial charge in [-0.1, -0.05) is 18.2 Å². The molecule has 0 atom stereocenters. The van der Waals surface area contributed by atoms with Crippen molar-refractivity contribution >= 4 is 22.5 Å². The van der Waals surface area contributed by atoms with Crippen molar-refractivity contribution in [2.24, 2.45) is 7.05 Å². The maximum atomic E-state index is 15.2. The number of allylic oxidation sites excluding steroid dienone is 2. The highest BCUT2D eigenvalue weighted by molar-refractivity contribution is 7.15. The summed E-state index contributed by atoms with van der Waals surface area (Å²) in [5.41, 5.74) is -3.55. The summed E-state index contributed by atoms with van der Waals surface area (Å²) >= 11 is 0.933. The Morgan fingerprint density at radius 1 is 0.824 bits per heavy atom. The van der Waals surface area contributed by atoms with Gasteiger partial charge in [0.25, 0.3) is 0 Å². The molecule has 0 N–H and O–H groups in total. The summed E-state index contributed by atoms with van der Waals surface area (Å²) in [5.74, 6) is -16.1. The van der Waals surface area contributed by atoms with Crippen LogP contribution in [0, 0.1) is 36.5 Å². The van der Waals surface area contributed by atoms with Gasteiger partial charge in [0.1, 0.15) is 11.8 Å². The summed E-state index contributed by atoms with van der Waals surface area (Å²) in [5, 5.41) is 18.6. The fraction of sp³-hybridized carbons (Fsp3) is 0.250. The van der Waals surface area contributed by atoms with Crippen molar-refractivity contribution in [3.05, 3.63) is 69.4 Å². The summed E-state index contributed by atoms with van der Waals surface area (Å²) in [6.07, 6.45) is 0. The Hall–Kier alpha value is -3.50. The minimum atomic E-state index is -5.70. The molecule has 0 spiro atoms. The number of nitrogens with zero attached hydrogens (tertiary/aromatic N) is 3. The lowest BCUT2D eigenvalue weighted by molar-refractivity contribution is -0.254. The predicted octanol–water partition coefficient (Wildman–Crippen LogP) is 6.94. The highest BCUT2D eigenvalue weighted by Crippen LogP contribution is 2.65. The zero-order valence-electron chi connectivity index (χ0n) is 18.0. The second-order valence-corrected chi connectivity index (χ2v) is 9.17. The van der Waals surface area contributed by atoms with Gasteiger partial charge in [-0.15, -0.1) is 11.3 Å². The van der Waals surface area contributed by atoms with E-state index in [9.17, 15) is 19.3 Å². The van der Waals surface area contributed by atoms with Crippen LogP contribution in [0.15, 0.2) is 36.4 Å². The topological polar surface area (TPSA) is 52.5 Å². The second-order valence-electron chi connectivity index (χ2n) is 7.91. The van der Waals surface area contributed by atoms with E-state index < -0.39 is 40.0 Å². The Bertz CT molecular complexity index is 1450. The van der Waals surface area contributed by atoms with Crippen LogP contribution in [-0.2, 0) is 7.05 Å². The van der Waals surface area contributed by atoms with Crippen LogP contribution in [0.1, 0.15) is 33.0 Å². The van der Waals surface area contributed by atoms with Gasteiger partial charge in [0, 0.05) is 44.8 Å². The van der Waals surface area contributed by atoms with Gasteiger partial charge in [0.15, 0.2) is 0 Å². The Labute approximate surface area is 194 Å². The first-order valence-corrected chi connectivity index (χ1v) is 10.7. The fourth-order valence-electron chi connectivity index (χ4n) is 4.15. The van der Waals surface area contributed by atoms with Gasteiger partial charge in [-0.2, -0.15) is 36.9 Å². The van der Waals surface area contributed by atoms with E-state index in [0.29, 0.717) is 10.4 Å². The van der Waals surface area contributed by atoms with E-state index in [1.807, 2.05) is 6.07 Å². The largest absolute Gasteiger partial charge is 0.380 e. The van der Waals surface area contributed by atoms with Crippen molar-refractivity contribution in [2.45, 2.75) is 31.6 Å². The van der Waals surface area contributed by atoms with Gasteiger partial charge < -0.3 is 4.57 Å². The van der Waals surface area contributed by atoms with E-state index in [1.165, 1.54) is 31.5 Å². The number of hydrogen-bond acceptors (Lipinski definition) is 3. The smallest absolute Gasteiger partial charge is 0.339 e. The van der Waals surface area contributed by atoms with Crippen molar-refractivity contribution < 1.29 is 26.3 Å². The van der Waals surface area contributed by atoms with Crippen LogP contribution < -0.4 is 0 Å². The van der Waals surface area contributed by atoms with Crippen LogP contribution in [0.3, 0.4) is 0 Å². The van der Waals surface area contributed by atoms with Crippen molar-refractivity contribution in [3.63, 3.8) is 0 Å². The summed E-state index contributed by atoms with van der Waals surface area (Å²) < 4.78 is 90.9. The molecule has 2 aromatic heterocycles. The summed E-state index contributed by atoms with van der Waals surface area (Å²) in [6.45, 7) is 2.66. The monoisotopic (exact) mass is 491 g/mol. The lowest BCUT2D eigenvalue weighted by atomic mass is 9.94. The van der Waals surface area contributed by atoms with Crippen LogP contribution in [0.4, 0.5) is 26.3 Å². The molecular weight excluding hydrogens is 476 g/mol. The average Bonchev–Trinajstić information content (AvgIpc) is 3.33. The molecule has 34 heavy (non-hydrogen) atoms. The van der Waals surface area contributed by atoms with Gasteiger partial charge in [0.2, 0.25) is 0 Å². The van der Waals surface area contributed by atoms with E-state index in [2.05, 4.69) is 0 Å². The van der Waals surface area contributed by atoms with Crippen LogP contribution >= 0.6 is 11.3 Å². The second kappa shape index (κ2) is 7.51. The zero-order chi connectivity index (χ0) is 25.2. The van der Waals surface area contributed by atoms with Gasteiger partial charge in [-0.3, -0.25) is 0 Å². The average molecular weight is 491 g/mol. The van der Waals surface area contributed by atoms with Crippen LogP contribution in [0.5, 0.6) is 0 Å². The molecule has 0 aliphatic heterocycles. The van der Waals surface area contributed by atoms with Crippen molar-refractivity contribution in [3.8, 4) is 22.6 Å². The summed E-state index contributed by atoms with van der Waals surface area (Å²) in [6, 6.07) is 12.0. The number of hydrogen-bond donors (Lipinski definition) is 0. The van der Waals surface area contributed by atoms with Crippen molar-refractivity contribution in [2.75, 3.05) is 0 Å². The molecular formula is C24H15F6N3S. The molecule has 1 aliphatic carbocycles. The van der Waals surface area contributed by atoms with Gasteiger partial charge in [0.05, 0.1) is 11.6 Å². The molecule has 1 aromatic carbocycles. The Morgan fingerprint density at radius 3 is 1.97 bits per heavy atom. The number of benzene rings is 1. The molecule has 0 radical (unpaired) electrons. The van der Waals surface area contributed by atoms with E-state index in [1.54, 1.807) is 24.3 Å². The maximum Gasteiger partial charge on any atom is 0.380 e. The quantitative estimate of drug-likeness (QED) is 0.373. The van der Waals surface area contributed by atoms with E-state index in [-0.39, 0.29) is 21.8 Å². The molecule has 4 rings (SSSR count). The lowest BCUT2D eigenvalue weighted by Crippen LogP contribution is -2.48. The maximum absolute atomic E-state index is 15.2. The molecule has 0 bridgehead atoms. The SMILES string of the molecule is Cc1sc(-c2ccccc2C#N)cc1C1=C(c2cc(C#N)n(C)c2C)C(F)(F)C(F)(F)C1(F)F. The number of nitriles is 2. The standard InChI is InChI=1S/C24H15F6N3S/c1-12-17(8-15(11-32)33(12)3)20-21(23(27,28)24(29,30)22(20,25)26)18-9-19(34-13(18)2)16-7-5-4-6-14(16)10-31/h4-9H,1-3H3. The number of halogens is 6. The molecule has 0 fully saturated rings. The molecule has 3 aromatic rings. The van der Waals surface area contributed by atoms with Crippen molar-refractivity contribution in [1.82, 2.24) is 4.57 Å². The van der Waals surface area contributed by atoms with E-state index >= 15 is 17.6 Å². The molecule has 1 aliphatic rings. The first-order valence-electron chi connectivity index (χ1n) is 9.87.